The van der Waals surface area contributed by atoms with E-state index in [9.17, 15) is 17.8 Å². The Hall–Kier alpha value is -2.10. The fourth-order valence-electron chi connectivity index (χ4n) is 3.97. The molecule has 1 aromatic heterocycles. The first kappa shape index (κ1) is 22.6. The molecule has 0 saturated heterocycles. The van der Waals surface area contributed by atoms with Crippen LogP contribution >= 0.6 is 0 Å². The number of carbonyl (C=O) groups excluding carboxylic acids is 1. The van der Waals surface area contributed by atoms with Crippen LogP contribution in [0.25, 0.3) is 0 Å². The van der Waals surface area contributed by atoms with E-state index in [1.54, 1.807) is 27.7 Å². The minimum atomic E-state index is -3.07. The van der Waals surface area contributed by atoms with Crippen molar-refractivity contribution in [1.29, 1.82) is 0 Å². The molecule has 10 heteroatoms. The number of anilines is 1. The molecule has 0 spiro atoms. The number of fused-ring (bicyclic) bond motifs is 1. The first-order valence-electron chi connectivity index (χ1n) is 9.84. The lowest BCUT2D eigenvalue weighted by Gasteiger charge is -2.45. The number of esters is 1. The van der Waals surface area contributed by atoms with Gasteiger partial charge in [-0.1, -0.05) is 0 Å². The lowest BCUT2D eigenvalue weighted by molar-refractivity contribution is -0.153. The number of carbonyl (C=O) groups is 1. The Morgan fingerprint density at radius 2 is 2.07 bits per heavy atom. The van der Waals surface area contributed by atoms with Crippen LogP contribution in [-0.4, -0.2) is 50.2 Å². The molecule has 3 atom stereocenters. The summed E-state index contributed by atoms with van der Waals surface area (Å²) < 4.78 is 51.9. The van der Waals surface area contributed by atoms with Crippen molar-refractivity contribution in [2.24, 2.45) is 9.36 Å². The van der Waals surface area contributed by atoms with Crippen molar-refractivity contribution in [1.82, 2.24) is 4.98 Å². The summed E-state index contributed by atoms with van der Waals surface area (Å²) in [6.45, 7) is 6.11. The maximum absolute atomic E-state index is 14.7. The van der Waals surface area contributed by atoms with E-state index in [0.717, 1.165) is 6.07 Å². The molecule has 2 aliphatic heterocycles. The summed E-state index contributed by atoms with van der Waals surface area (Å²) in [6, 6.07) is 2.34. The normalized spacial score (nSPS) is 31.3. The van der Waals surface area contributed by atoms with Crippen LogP contribution in [0.1, 0.15) is 52.7 Å². The fraction of sp³-hybridized carbons (Fsp3) is 0.650. The van der Waals surface area contributed by atoms with Gasteiger partial charge in [0.1, 0.15) is 35.1 Å². The highest BCUT2D eigenvalue weighted by atomic mass is 32.2. The Balaban J connectivity index is 2.20. The molecule has 0 saturated carbocycles. The summed E-state index contributed by atoms with van der Waals surface area (Å²) in [5.41, 5.74) is 2.99. The number of halogens is 2. The molecule has 2 N–H and O–H groups in total. The minimum absolute atomic E-state index is 0.00742. The van der Waals surface area contributed by atoms with Crippen molar-refractivity contribution < 1.29 is 22.5 Å². The van der Waals surface area contributed by atoms with E-state index < -0.39 is 44.1 Å². The van der Waals surface area contributed by atoms with Gasteiger partial charge in [0.15, 0.2) is 0 Å². The van der Waals surface area contributed by atoms with Gasteiger partial charge < -0.3 is 10.5 Å². The van der Waals surface area contributed by atoms with Crippen molar-refractivity contribution >= 4 is 27.2 Å². The molecule has 1 aromatic rings. The number of nitrogen functional groups attached to an aromatic ring is 1. The quantitative estimate of drug-likeness (QED) is 0.721. The average molecular weight is 443 g/mol. The van der Waals surface area contributed by atoms with Gasteiger partial charge in [0.05, 0.1) is 26.6 Å². The predicted molar refractivity (Wildman–Crippen MR) is 112 cm³/mol. The summed E-state index contributed by atoms with van der Waals surface area (Å²) in [6.07, 6.45) is 0.854. The number of hydrogen-bond acceptors (Lipinski definition) is 7. The van der Waals surface area contributed by atoms with E-state index >= 15 is 0 Å². The van der Waals surface area contributed by atoms with E-state index in [1.165, 1.54) is 6.07 Å². The SMILES string of the molecule is CC(C)(C)OC(=O)CC1=N[C@](CF)(c2nc(N)ccc2F)C[S@@]2(=O)=NCCC[C@]12C. The Morgan fingerprint density at radius 3 is 2.70 bits per heavy atom. The van der Waals surface area contributed by atoms with Gasteiger partial charge in [-0.2, -0.15) is 0 Å². The van der Waals surface area contributed by atoms with Gasteiger partial charge in [-0.25, -0.2) is 22.3 Å². The second-order valence-electron chi connectivity index (χ2n) is 9.03. The van der Waals surface area contributed by atoms with Crippen LogP contribution in [0.5, 0.6) is 0 Å². The Kier molecular flexibility index (Phi) is 5.68. The number of pyridine rings is 1. The van der Waals surface area contributed by atoms with Gasteiger partial charge in [-0.15, -0.1) is 0 Å². The fourth-order valence-corrected chi connectivity index (χ4v) is 6.97. The summed E-state index contributed by atoms with van der Waals surface area (Å²) in [5, 5.41) is 0. The minimum Gasteiger partial charge on any atom is -0.460 e. The van der Waals surface area contributed by atoms with Gasteiger partial charge in [0, 0.05) is 12.3 Å². The zero-order chi connectivity index (χ0) is 22.4. The third-order valence-electron chi connectivity index (χ3n) is 5.47. The van der Waals surface area contributed by atoms with Crippen molar-refractivity contribution in [2.75, 3.05) is 24.7 Å². The predicted octanol–water partition coefficient (Wildman–Crippen LogP) is 3.17. The molecule has 30 heavy (non-hydrogen) atoms. The number of rotatable bonds is 4. The Bertz CT molecular complexity index is 1010. The second kappa shape index (κ2) is 7.55. The number of ether oxygens (including phenoxy) is 1. The van der Waals surface area contributed by atoms with E-state index in [0.29, 0.717) is 19.4 Å². The highest BCUT2D eigenvalue weighted by Gasteiger charge is 2.54. The van der Waals surface area contributed by atoms with Crippen molar-refractivity contribution in [3.8, 4) is 0 Å². The zero-order valence-corrected chi connectivity index (χ0v) is 18.5. The molecule has 0 unspecified atom stereocenters. The van der Waals surface area contributed by atoms with Crippen LogP contribution in [0.15, 0.2) is 21.5 Å². The molecule has 3 rings (SSSR count). The van der Waals surface area contributed by atoms with Crippen LogP contribution in [0.4, 0.5) is 14.6 Å². The molecule has 0 amide bonds. The number of alkyl halides is 1. The topological polar surface area (TPSA) is 107 Å². The maximum Gasteiger partial charge on any atom is 0.312 e. The monoisotopic (exact) mass is 442 g/mol. The summed E-state index contributed by atoms with van der Waals surface area (Å²) in [5.74, 6) is -1.71. The third-order valence-corrected chi connectivity index (χ3v) is 8.79. The molecule has 2 aliphatic rings. The summed E-state index contributed by atoms with van der Waals surface area (Å²) >= 11 is 0. The summed E-state index contributed by atoms with van der Waals surface area (Å²) in [7, 11) is -3.07. The van der Waals surface area contributed by atoms with E-state index in [4.69, 9.17) is 10.5 Å². The van der Waals surface area contributed by atoms with Gasteiger partial charge >= 0.3 is 5.97 Å². The van der Waals surface area contributed by atoms with E-state index in [1.807, 2.05) is 0 Å². The van der Waals surface area contributed by atoms with Crippen LogP contribution < -0.4 is 5.73 Å². The average Bonchev–Trinajstić information content (AvgIpc) is 2.63. The largest absolute Gasteiger partial charge is 0.460 e. The molecule has 0 fully saturated rings. The van der Waals surface area contributed by atoms with Crippen molar-refractivity contribution in [3.05, 3.63) is 23.6 Å². The first-order chi connectivity index (χ1) is 13.8. The maximum atomic E-state index is 14.7. The van der Waals surface area contributed by atoms with Crippen molar-refractivity contribution in [2.45, 2.75) is 62.8 Å². The summed E-state index contributed by atoms with van der Waals surface area (Å²) in [4.78, 5) is 21.1. The first-order valence-corrected chi connectivity index (χ1v) is 11.5. The molecule has 0 aliphatic carbocycles. The second-order valence-corrected chi connectivity index (χ2v) is 11.8. The molecule has 166 valence electrons. The zero-order valence-electron chi connectivity index (χ0n) is 17.7. The molecule has 3 heterocycles. The smallest absolute Gasteiger partial charge is 0.312 e. The van der Waals surface area contributed by atoms with Crippen LogP contribution in [0.3, 0.4) is 0 Å². The van der Waals surface area contributed by atoms with Gasteiger partial charge in [-0.05, 0) is 52.7 Å². The molecular weight excluding hydrogens is 414 g/mol. The number of aromatic nitrogens is 1. The van der Waals surface area contributed by atoms with E-state index in [2.05, 4.69) is 14.3 Å². The standard InChI is InChI=1S/C20H28F2N4O3S/c1-18(2,3)29-16(27)10-14-19(4)8-5-9-24-30(19,28)12-20(11-21,26-14)17-13(22)6-7-15(23)25-17/h6-7H,5,8-12H2,1-4H3,(H2,23,25)/t19-,20+,30+/m1/s1. The van der Waals surface area contributed by atoms with E-state index in [-0.39, 0.29) is 29.4 Å². The highest BCUT2D eigenvalue weighted by molar-refractivity contribution is 7.96. The van der Waals surface area contributed by atoms with Crippen molar-refractivity contribution in [3.63, 3.8) is 0 Å². The highest BCUT2D eigenvalue weighted by Crippen LogP contribution is 2.44. The number of aliphatic imine (C=N–C) groups is 1. The number of nitrogens with zero attached hydrogens (tertiary/aromatic N) is 3. The lowest BCUT2D eigenvalue weighted by Crippen LogP contribution is -2.57. The lowest BCUT2D eigenvalue weighted by atomic mass is 9.91. The van der Waals surface area contributed by atoms with Gasteiger partial charge in [0.2, 0.25) is 0 Å². The van der Waals surface area contributed by atoms with Gasteiger partial charge in [0.25, 0.3) is 0 Å². The Labute approximate surface area is 175 Å². The molecule has 0 radical (unpaired) electrons. The molecule has 0 bridgehead atoms. The molecule has 0 aromatic carbocycles. The van der Waals surface area contributed by atoms with Gasteiger partial charge in [-0.3, -0.25) is 9.79 Å². The Morgan fingerprint density at radius 1 is 1.37 bits per heavy atom. The molecular formula is C20H28F2N4O3S. The third kappa shape index (κ3) is 3.93. The van der Waals surface area contributed by atoms with Crippen LogP contribution in [0.2, 0.25) is 0 Å². The van der Waals surface area contributed by atoms with Crippen LogP contribution in [-0.2, 0) is 24.8 Å². The number of hydrogen-bond donors (Lipinski definition) is 1. The molecule has 7 nitrogen and oxygen atoms in total. The van der Waals surface area contributed by atoms with Crippen LogP contribution in [0, 0.1) is 5.82 Å². The number of nitrogens with two attached hydrogens (primary N) is 1.